The summed E-state index contributed by atoms with van der Waals surface area (Å²) in [4.78, 5) is 0. The fraction of sp³-hybridized carbons (Fsp3) is 0.862. The molecule has 4 rings (SSSR count). The van der Waals surface area contributed by atoms with Crippen LogP contribution in [0.15, 0.2) is 23.3 Å². The Bertz CT molecular complexity index is 733. The molecular formula is C29H48O. The summed E-state index contributed by atoms with van der Waals surface area (Å²) in [5.41, 5.74) is 3.80. The Morgan fingerprint density at radius 2 is 1.93 bits per heavy atom. The molecule has 0 unspecified atom stereocenters. The highest BCUT2D eigenvalue weighted by molar-refractivity contribution is 5.25. The SMILES string of the molecule is [3H][C@]1(O)CC[C@@]2(C)C(=CC[C@H]3[C@@H]4CC[C@H]([C@H](C)CC/C(=C/C)C(C)C)[C@@]4(C)CC[C@@H]32)C1. The topological polar surface area (TPSA) is 20.2 Å². The van der Waals surface area contributed by atoms with Gasteiger partial charge in [0.15, 0.2) is 0 Å². The molecule has 8 atom stereocenters. The van der Waals surface area contributed by atoms with Crippen LogP contribution in [0.25, 0.3) is 0 Å². The maximum Gasteiger partial charge on any atom is 0.0604 e. The second-order valence-corrected chi connectivity index (χ2v) is 12.3. The molecule has 0 heterocycles. The van der Waals surface area contributed by atoms with Crippen molar-refractivity contribution >= 4 is 0 Å². The van der Waals surface area contributed by atoms with E-state index in [1.807, 2.05) is 0 Å². The first-order valence-electron chi connectivity index (χ1n) is 13.6. The van der Waals surface area contributed by atoms with Gasteiger partial charge in [-0.15, -0.1) is 0 Å². The normalized spacial score (nSPS) is 47.8. The van der Waals surface area contributed by atoms with Gasteiger partial charge in [-0.3, -0.25) is 0 Å². The van der Waals surface area contributed by atoms with Crippen molar-refractivity contribution in [1.82, 2.24) is 0 Å². The first kappa shape index (κ1) is 21.3. The molecule has 0 amide bonds. The minimum Gasteiger partial charge on any atom is -0.393 e. The molecule has 30 heavy (non-hydrogen) atoms. The van der Waals surface area contributed by atoms with Gasteiger partial charge in [0.25, 0.3) is 0 Å². The Balaban J connectivity index is 1.49. The van der Waals surface area contributed by atoms with E-state index in [0.29, 0.717) is 24.2 Å². The van der Waals surface area contributed by atoms with Crippen molar-refractivity contribution in [3.63, 3.8) is 0 Å². The highest BCUT2D eigenvalue weighted by atomic mass is 16.3. The number of hydrogen-bond donors (Lipinski definition) is 1. The molecule has 0 aliphatic heterocycles. The number of allylic oxidation sites excluding steroid dienone is 3. The molecule has 0 aromatic carbocycles. The third-order valence-electron chi connectivity index (χ3n) is 10.7. The molecule has 1 heteroatoms. The Morgan fingerprint density at radius 1 is 1.17 bits per heavy atom. The second-order valence-electron chi connectivity index (χ2n) is 12.3. The van der Waals surface area contributed by atoms with Crippen LogP contribution in [0.4, 0.5) is 0 Å². The lowest BCUT2D eigenvalue weighted by Gasteiger charge is -2.58. The molecule has 3 fully saturated rings. The molecule has 0 saturated heterocycles. The first-order chi connectivity index (χ1) is 14.5. The van der Waals surface area contributed by atoms with Gasteiger partial charge in [-0.05, 0) is 117 Å². The van der Waals surface area contributed by atoms with Gasteiger partial charge < -0.3 is 5.11 Å². The van der Waals surface area contributed by atoms with Crippen LogP contribution in [0.2, 0.25) is 0 Å². The van der Waals surface area contributed by atoms with E-state index >= 15 is 0 Å². The molecule has 3 saturated carbocycles. The molecule has 4 aliphatic carbocycles. The quantitative estimate of drug-likeness (QED) is 0.453. The lowest BCUT2D eigenvalue weighted by molar-refractivity contribution is -0.0571. The van der Waals surface area contributed by atoms with Gasteiger partial charge in [0.2, 0.25) is 0 Å². The van der Waals surface area contributed by atoms with Crippen LogP contribution < -0.4 is 0 Å². The highest BCUT2D eigenvalue weighted by Gasteiger charge is 2.59. The van der Waals surface area contributed by atoms with Gasteiger partial charge >= 0.3 is 0 Å². The third kappa shape index (κ3) is 3.66. The second kappa shape index (κ2) is 8.42. The molecule has 0 aromatic heterocycles. The van der Waals surface area contributed by atoms with Crippen molar-refractivity contribution in [1.29, 1.82) is 0 Å². The third-order valence-corrected chi connectivity index (χ3v) is 10.7. The maximum atomic E-state index is 10.4. The van der Waals surface area contributed by atoms with E-state index in [2.05, 4.69) is 53.7 Å². The Labute approximate surface area is 188 Å². The van der Waals surface area contributed by atoms with E-state index in [4.69, 9.17) is 1.37 Å². The average molecular weight is 415 g/mol. The molecule has 0 radical (unpaired) electrons. The van der Waals surface area contributed by atoms with Crippen LogP contribution in [0.1, 0.15) is 107 Å². The van der Waals surface area contributed by atoms with Gasteiger partial charge in [-0.1, -0.05) is 57.9 Å². The zero-order valence-electron chi connectivity index (χ0n) is 21.6. The van der Waals surface area contributed by atoms with Crippen LogP contribution >= 0.6 is 0 Å². The molecule has 1 nitrogen and oxygen atoms in total. The lowest BCUT2D eigenvalue weighted by atomic mass is 9.47. The van der Waals surface area contributed by atoms with Crippen molar-refractivity contribution in [3.05, 3.63) is 23.3 Å². The Kier molecular flexibility index (Phi) is 5.97. The van der Waals surface area contributed by atoms with Crippen LogP contribution in [-0.2, 0) is 0 Å². The zero-order chi connectivity index (χ0) is 22.6. The van der Waals surface area contributed by atoms with Gasteiger partial charge in [0, 0.05) is 0 Å². The summed E-state index contributed by atoms with van der Waals surface area (Å²) in [5.74, 6) is 4.84. The summed E-state index contributed by atoms with van der Waals surface area (Å²) in [7, 11) is 0. The van der Waals surface area contributed by atoms with Crippen LogP contribution in [0.5, 0.6) is 0 Å². The summed E-state index contributed by atoms with van der Waals surface area (Å²) in [6.07, 6.45) is 15.3. The number of rotatable bonds is 5. The largest absolute Gasteiger partial charge is 0.393 e. The monoisotopic (exact) mass is 414 g/mol. The minimum absolute atomic E-state index is 0.235. The van der Waals surface area contributed by atoms with Crippen molar-refractivity contribution in [2.75, 3.05) is 0 Å². The summed E-state index contributed by atoms with van der Waals surface area (Å²) < 4.78 is 8.21. The van der Waals surface area contributed by atoms with Gasteiger partial charge in [-0.25, -0.2) is 0 Å². The Morgan fingerprint density at radius 3 is 2.63 bits per heavy atom. The molecular weight excluding hydrogens is 364 g/mol. The molecule has 0 bridgehead atoms. The number of aliphatic hydroxyl groups is 1. The fourth-order valence-corrected chi connectivity index (χ4v) is 8.83. The molecule has 0 aromatic rings. The smallest absolute Gasteiger partial charge is 0.0604 e. The minimum atomic E-state index is -1.23. The van der Waals surface area contributed by atoms with Gasteiger partial charge in [0.05, 0.1) is 7.45 Å². The number of hydrogen-bond acceptors (Lipinski definition) is 1. The lowest BCUT2D eigenvalue weighted by Crippen LogP contribution is -2.50. The van der Waals surface area contributed by atoms with E-state index in [9.17, 15) is 5.11 Å². The van der Waals surface area contributed by atoms with E-state index in [0.717, 1.165) is 36.0 Å². The fourth-order valence-electron chi connectivity index (χ4n) is 8.83. The predicted molar refractivity (Wildman–Crippen MR) is 128 cm³/mol. The Hall–Kier alpha value is -0.560. The van der Waals surface area contributed by atoms with Crippen molar-refractivity contribution < 1.29 is 6.48 Å². The van der Waals surface area contributed by atoms with Crippen LogP contribution in [-0.4, -0.2) is 11.2 Å². The summed E-state index contributed by atoms with van der Waals surface area (Å²) in [6.45, 7) is 14.6. The highest BCUT2D eigenvalue weighted by Crippen LogP contribution is 2.67. The summed E-state index contributed by atoms with van der Waals surface area (Å²) in [5, 5.41) is 10.4. The maximum absolute atomic E-state index is 10.4. The van der Waals surface area contributed by atoms with Crippen molar-refractivity contribution in [2.24, 2.45) is 46.3 Å². The van der Waals surface area contributed by atoms with E-state index in [1.165, 1.54) is 50.5 Å². The van der Waals surface area contributed by atoms with Crippen molar-refractivity contribution in [3.8, 4) is 0 Å². The first-order valence-corrected chi connectivity index (χ1v) is 13.1. The standard InChI is InChI=1S/C29H48O/c1-7-21(19(2)3)9-8-20(4)25-12-13-26-24-11-10-22-18-23(30)14-16-28(22,5)27(24)15-17-29(25,26)6/h7,10,19-20,23-27,30H,8-9,11-18H2,1-6H3/b21-7-/t20-,23+,24+,25-,26+,27+,28+,29-/m1/s1/i23T. The zero-order valence-corrected chi connectivity index (χ0v) is 20.6. The average Bonchev–Trinajstić information content (AvgIpc) is 3.06. The molecule has 4 aliphatic rings. The molecule has 1 N–H and O–H groups in total. The van der Waals surface area contributed by atoms with Gasteiger partial charge in [-0.2, -0.15) is 0 Å². The predicted octanol–water partition coefficient (Wildman–Crippen LogP) is 7.94. The van der Waals surface area contributed by atoms with E-state index < -0.39 is 6.08 Å². The van der Waals surface area contributed by atoms with E-state index in [-0.39, 0.29) is 5.41 Å². The molecule has 170 valence electrons. The summed E-state index contributed by atoms with van der Waals surface area (Å²) >= 11 is 0. The summed E-state index contributed by atoms with van der Waals surface area (Å²) in [6, 6.07) is 0. The van der Waals surface area contributed by atoms with E-state index in [1.54, 1.807) is 5.57 Å². The van der Waals surface area contributed by atoms with Crippen molar-refractivity contribution in [2.45, 2.75) is 112 Å². The van der Waals surface area contributed by atoms with Crippen LogP contribution in [0, 0.1) is 46.3 Å². The number of fused-ring (bicyclic) bond motifs is 5. The van der Waals surface area contributed by atoms with Gasteiger partial charge in [0.1, 0.15) is 0 Å². The van der Waals surface area contributed by atoms with Crippen LogP contribution in [0.3, 0.4) is 0 Å². The molecule has 0 spiro atoms.